The molecular formula is C10H15N3O3S. The minimum atomic E-state index is -4.34. The van der Waals surface area contributed by atoms with Crippen LogP contribution in [0.25, 0.3) is 0 Å². The minimum Gasteiger partial charge on any atom is -0.384 e. The molecule has 3 N–H and O–H groups in total. The molecule has 1 aliphatic rings. The Bertz CT molecular complexity index is 485. The van der Waals surface area contributed by atoms with Crippen LogP contribution in [-0.4, -0.2) is 24.9 Å². The molecule has 0 saturated carbocycles. The van der Waals surface area contributed by atoms with Gasteiger partial charge in [0.2, 0.25) is 0 Å². The zero-order chi connectivity index (χ0) is 13.1. The van der Waals surface area contributed by atoms with Crippen LogP contribution >= 0.6 is 0 Å². The molecule has 6 nitrogen and oxygen atoms in total. The highest BCUT2D eigenvalue weighted by atomic mass is 32.2. The summed E-state index contributed by atoms with van der Waals surface area (Å²) in [5, 5.41) is 13.0. The second-order valence-electron chi connectivity index (χ2n) is 4.11. The summed E-state index contributed by atoms with van der Waals surface area (Å²) in [6, 6.07) is 1.80. The van der Waals surface area contributed by atoms with Crippen LogP contribution in [0.2, 0.25) is 0 Å². The molecule has 7 heteroatoms. The van der Waals surface area contributed by atoms with Gasteiger partial charge in [0.15, 0.2) is 5.37 Å². The standard InChI is InChI=1S/C10H15N3O3S/c1-7(2)6-13-9-3-4-12-10(8(9)5-11)17(14,15)16/h3-4,7,10,12-13H,6H2,1-2H3,(H,14,15,16). The van der Waals surface area contributed by atoms with E-state index >= 15 is 0 Å². The largest absolute Gasteiger partial charge is 0.384 e. The maximum Gasteiger partial charge on any atom is 0.291 e. The Morgan fingerprint density at radius 3 is 2.76 bits per heavy atom. The summed E-state index contributed by atoms with van der Waals surface area (Å²) in [6.07, 6.45) is 2.96. The smallest absolute Gasteiger partial charge is 0.291 e. The number of nitrogens with one attached hydrogen (secondary N) is 2. The fourth-order valence-electron chi connectivity index (χ4n) is 1.36. The monoisotopic (exact) mass is 257 g/mol. The van der Waals surface area contributed by atoms with Crippen LogP contribution in [0.15, 0.2) is 23.5 Å². The van der Waals surface area contributed by atoms with Gasteiger partial charge in [-0.15, -0.1) is 0 Å². The quantitative estimate of drug-likeness (QED) is 0.628. The van der Waals surface area contributed by atoms with Gasteiger partial charge in [0.25, 0.3) is 10.1 Å². The average Bonchev–Trinajstić information content (AvgIpc) is 2.24. The number of allylic oxidation sites excluding steroid dienone is 1. The zero-order valence-electron chi connectivity index (χ0n) is 9.64. The topological polar surface area (TPSA) is 102 Å². The zero-order valence-corrected chi connectivity index (χ0v) is 10.5. The molecule has 1 rings (SSSR count). The number of nitrogens with zero attached hydrogens (tertiary/aromatic N) is 1. The van der Waals surface area contributed by atoms with Crippen LogP contribution < -0.4 is 10.6 Å². The summed E-state index contributed by atoms with van der Waals surface area (Å²) < 4.78 is 31.2. The predicted molar refractivity (Wildman–Crippen MR) is 63.1 cm³/mol. The highest BCUT2D eigenvalue weighted by molar-refractivity contribution is 7.86. The summed E-state index contributed by atoms with van der Waals surface area (Å²) in [5.41, 5.74) is 0.387. The summed E-state index contributed by atoms with van der Waals surface area (Å²) in [4.78, 5) is 0. The Labute approximate surface area is 101 Å². The van der Waals surface area contributed by atoms with Gasteiger partial charge >= 0.3 is 0 Å². The van der Waals surface area contributed by atoms with E-state index in [-0.39, 0.29) is 5.57 Å². The van der Waals surface area contributed by atoms with Gasteiger partial charge in [-0.25, -0.2) is 0 Å². The Kier molecular flexibility index (Phi) is 4.15. The van der Waals surface area contributed by atoms with E-state index in [0.717, 1.165) is 0 Å². The summed E-state index contributed by atoms with van der Waals surface area (Å²) >= 11 is 0. The van der Waals surface area contributed by atoms with Crippen LogP contribution in [0.5, 0.6) is 0 Å². The van der Waals surface area contributed by atoms with Crippen LogP contribution in [0.4, 0.5) is 0 Å². The van der Waals surface area contributed by atoms with Crippen molar-refractivity contribution in [2.75, 3.05) is 6.54 Å². The maximum absolute atomic E-state index is 11.1. The van der Waals surface area contributed by atoms with E-state index in [1.807, 2.05) is 13.8 Å². The third-order valence-corrected chi connectivity index (χ3v) is 3.14. The maximum atomic E-state index is 11.1. The van der Waals surface area contributed by atoms with E-state index in [0.29, 0.717) is 18.2 Å². The summed E-state index contributed by atoms with van der Waals surface area (Å²) in [5.74, 6) is 0.356. The first-order valence-electron chi connectivity index (χ1n) is 5.13. The highest BCUT2D eigenvalue weighted by Gasteiger charge is 2.30. The third-order valence-electron chi connectivity index (χ3n) is 2.17. The fraction of sp³-hybridized carbons (Fsp3) is 0.500. The van der Waals surface area contributed by atoms with E-state index in [2.05, 4.69) is 10.6 Å². The van der Waals surface area contributed by atoms with Crippen molar-refractivity contribution in [3.8, 4) is 6.07 Å². The van der Waals surface area contributed by atoms with E-state index < -0.39 is 15.5 Å². The van der Waals surface area contributed by atoms with E-state index in [4.69, 9.17) is 9.81 Å². The molecule has 1 aliphatic heterocycles. The summed E-state index contributed by atoms with van der Waals surface area (Å²) in [7, 11) is -4.34. The average molecular weight is 257 g/mol. The molecule has 94 valence electrons. The lowest BCUT2D eigenvalue weighted by Crippen LogP contribution is -2.39. The van der Waals surface area contributed by atoms with E-state index in [1.165, 1.54) is 6.20 Å². The molecule has 0 aromatic rings. The van der Waals surface area contributed by atoms with Crippen molar-refractivity contribution >= 4 is 10.1 Å². The highest BCUT2D eigenvalue weighted by Crippen LogP contribution is 2.16. The van der Waals surface area contributed by atoms with Gasteiger partial charge < -0.3 is 10.6 Å². The normalized spacial score (nSPS) is 20.1. The van der Waals surface area contributed by atoms with Gasteiger partial charge in [0, 0.05) is 6.54 Å². The molecule has 0 aromatic carbocycles. The van der Waals surface area contributed by atoms with Gasteiger partial charge in [0.05, 0.1) is 11.3 Å². The Hall–Kier alpha value is -1.52. The third kappa shape index (κ3) is 3.47. The number of hydrogen-bond donors (Lipinski definition) is 3. The second kappa shape index (κ2) is 5.21. The molecule has 0 aliphatic carbocycles. The molecule has 1 atom stereocenters. The minimum absolute atomic E-state index is 0.0318. The Morgan fingerprint density at radius 2 is 2.29 bits per heavy atom. The SMILES string of the molecule is CC(C)CNC1=C(C#N)C(S(=O)(=O)O)NC=C1. The van der Waals surface area contributed by atoms with Gasteiger partial charge in [-0.2, -0.15) is 13.7 Å². The lowest BCUT2D eigenvalue weighted by Gasteiger charge is -2.21. The molecule has 1 heterocycles. The van der Waals surface area contributed by atoms with Crippen LogP contribution in [0, 0.1) is 17.2 Å². The van der Waals surface area contributed by atoms with Crippen molar-refractivity contribution in [2.45, 2.75) is 19.2 Å². The second-order valence-corrected chi connectivity index (χ2v) is 5.61. The first kappa shape index (κ1) is 13.5. The van der Waals surface area contributed by atoms with Gasteiger partial charge in [-0.3, -0.25) is 4.55 Å². The first-order valence-corrected chi connectivity index (χ1v) is 6.63. The van der Waals surface area contributed by atoms with Crippen molar-refractivity contribution in [3.05, 3.63) is 23.5 Å². The summed E-state index contributed by atoms with van der Waals surface area (Å²) in [6.45, 7) is 4.60. The lowest BCUT2D eigenvalue weighted by molar-refractivity contribution is 0.467. The van der Waals surface area contributed by atoms with Crippen molar-refractivity contribution < 1.29 is 13.0 Å². The van der Waals surface area contributed by atoms with Gasteiger partial charge in [-0.05, 0) is 18.2 Å². The van der Waals surface area contributed by atoms with Crippen molar-refractivity contribution in [3.63, 3.8) is 0 Å². The molecule has 0 saturated heterocycles. The number of rotatable bonds is 4. The molecule has 0 spiro atoms. The van der Waals surface area contributed by atoms with Crippen molar-refractivity contribution in [2.24, 2.45) is 5.92 Å². The van der Waals surface area contributed by atoms with Gasteiger partial charge in [0.1, 0.15) is 6.07 Å². The number of dihydropyridines is 1. The molecule has 0 amide bonds. The molecule has 1 unspecified atom stereocenters. The fourth-order valence-corrected chi connectivity index (χ4v) is 2.08. The molecule has 0 fully saturated rings. The molecule has 0 radical (unpaired) electrons. The van der Waals surface area contributed by atoms with Crippen molar-refractivity contribution in [1.82, 2.24) is 10.6 Å². The van der Waals surface area contributed by atoms with Crippen LogP contribution in [0.3, 0.4) is 0 Å². The molecular weight excluding hydrogens is 242 g/mol. The Balaban J connectivity index is 3.02. The van der Waals surface area contributed by atoms with Crippen LogP contribution in [0.1, 0.15) is 13.8 Å². The number of hydrogen-bond acceptors (Lipinski definition) is 5. The van der Waals surface area contributed by atoms with Gasteiger partial charge in [-0.1, -0.05) is 13.8 Å². The Morgan fingerprint density at radius 1 is 1.65 bits per heavy atom. The van der Waals surface area contributed by atoms with Crippen LogP contribution in [-0.2, 0) is 10.1 Å². The first-order chi connectivity index (χ1) is 7.86. The van der Waals surface area contributed by atoms with E-state index in [1.54, 1.807) is 12.1 Å². The number of nitriles is 1. The van der Waals surface area contributed by atoms with Crippen molar-refractivity contribution in [1.29, 1.82) is 5.26 Å². The van der Waals surface area contributed by atoms with E-state index in [9.17, 15) is 8.42 Å². The predicted octanol–water partition coefficient (Wildman–Crippen LogP) is 0.340. The molecule has 0 aromatic heterocycles. The lowest BCUT2D eigenvalue weighted by atomic mass is 10.1. The molecule has 17 heavy (non-hydrogen) atoms. The molecule has 0 bridgehead atoms.